The molecule has 0 amide bonds. The number of amidine groups is 3. The van der Waals surface area contributed by atoms with Gasteiger partial charge in [-0.1, -0.05) is 136 Å². The van der Waals surface area contributed by atoms with Gasteiger partial charge < -0.3 is 83.5 Å². The van der Waals surface area contributed by atoms with Crippen molar-refractivity contribution in [1.29, 1.82) is 5.41 Å². The van der Waals surface area contributed by atoms with E-state index in [1.165, 1.54) is 24.8 Å². The molecule has 0 bridgehead atoms. The molecule has 25 N–H and O–H groups in total. The Morgan fingerprint density at radius 3 is 1.46 bits per heavy atom. The summed E-state index contributed by atoms with van der Waals surface area (Å²) < 4.78 is 0. The molecule has 0 spiro atoms. The van der Waals surface area contributed by atoms with E-state index in [4.69, 9.17) is 103 Å². The highest BCUT2D eigenvalue weighted by Gasteiger charge is 2.12. The fraction of sp³-hybridized carbons (Fsp3) is 0.400. The van der Waals surface area contributed by atoms with Gasteiger partial charge in [0.15, 0.2) is 17.9 Å². The SMILES string of the molecule is CC(N)=NC(N)=NC1CCCCC1.CC(N)=NC(N)=NCCc1ccccc1.CCCCN=C(N)NC(C)=N.CCCN(CCC)C(N)=NC(N)=Nc1cccc(C)c1.CCN(CC)C(N)=NC(N)=Nc1cccc(C)c1.Cc1cc(Cl)cc(NC(N)=NC(N)=Nc2cc(Cl)cc(Cl)c2)c1. The lowest BCUT2D eigenvalue weighted by Crippen LogP contribution is -2.39. The van der Waals surface area contributed by atoms with Crippen LogP contribution in [0.1, 0.15) is 135 Å². The first-order valence-corrected chi connectivity index (χ1v) is 34.2. The predicted molar refractivity (Wildman–Crippen MR) is 430 cm³/mol. The van der Waals surface area contributed by atoms with E-state index in [-0.39, 0.29) is 29.8 Å². The molecule has 6 rings (SSSR count). The normalized spacial score (nSPS) is 13.6. The van der Waals surface area contributed by atoms with Crippen molar-refractivity contribution in [2.24, 2.45) is 118 Å². The van der Waals surface area contributed by atoms with Crippen LogP contribution in [0.2, 0.25) is 15.1 Å². The summed E-state index contributed by atoms with van der Waals surface area (Å²) in [6.07, 6.45) is 11.2. The second-order valence-electron chi connectivity index (χ2n) is 22.6. The lowest BCUT2D eigenvalue weighted by atomic mass is 9.96. The lowest BCUT2D eigenvalue weighted by Gasteiger charge is -2.21. The highest BCUT2D eigenvalue weighted by atomic mass is 35.5. The summed E-state index contributed by atoms with van der Waals surface area (Å²) >= 11 is 17.8. The second kappa shape index (κ2) is 51.2. The number of nitrogens with zero attached hydrogens (tertiary/aromatic N) is 13. The van der Waals surface area contributed by atoms with Crippen molar-refractivity contribution in [3.8, 4) is 0 Å². The molecule has 0 unspecified atom stereocenters. The molecule has 0 radical (unpaired) electrons. The van der Waals surface area contributed by atoms with Gasteiger partial charge in [0.2, 0.25) is 35.8 Å². The van der Waals surface area contributed by atoms with E-state index >= 15 is 0 Å². The zero-order valence-corrected chi connectivity index (χ0v) is 62.4. The molecule has 1 aliphatic rings. The molecule has 27 nitrogen and oxygen atoms in total. The van der Waals surface area contributed by atoms with Gasteiger partial charge in [0.05, 0.1) is 40.6 Å². The number of hydrogen-bond acceptors (Lipinski definition) is 7. The third-order valence-electron chi connectivity index (χ3n) is 13.1. The lowest BCUT2D eigenvalue weighted by molar-refractivity contribution is 0.413. The van der Waals surface area contributed by atoms with Gasteiger partial charge in [0.25, 0.3) is 0 Å². The Kier molecular flexibility index (Phi) is 45.1. The summed E-state index contributed by atoms with van der Waals surface area (Å²) in [7, 11) is 0. The van der Waals surface area contributed by atoms with Gasteiger partial charge >= 0.3 is 0 Å². The molecule has 0 aliphatic heterocycles. The molecule has 1 saturated carbocycles. The van der Waals surface area contributed by atoms with Crippen LogP contribution in [-0.2, 0) is 6.42 Å². The Morgan fingerprint density at radius 2 is 0.980 bits per heavy atom. The predicted octanol–water partition coefficient (Wildman–Crippen LogP) is 10.9. The van der Waals surface area contributed by atoms with Crippen LogP contribution in [0.15, 0.2) is 170 Å². The number of hydrogen-bond donors (Lipinski definition) is 14. The number of aryl methyl sites for hydroxylation is 3. The van der Waals surface area contributed by atoms with Crippen LogP contribution in [0.5, 0.6) is 0 Å². The standard InChI is InChI=1S/C15H14Cl3N5.C15H25N5.C13H21N5.C11H16N4.C9H18N4.C7H16N4/c1-8-2-9(16)5-12(3-8)21-14(19)23-15(20)22-13-6-10(17)4-11(18)7-13;1-4-9-20(10-5-2)15(17)19-14(16)18-13-8-6-7-12(3)11-13;1-4-18(5-2)13(15)17-12(14)16-11-8-6-7-10(3)9-11;1-9(12)15-11(13)14-8-7-10-5-3-2-4-6-10;1-7(10)12-9(11)13-8-5-3-2-4-6-8;1-3-4-5-10-7(9)11-6(2)8/h2-7H,1H3,(H5,19,20,21,22,23);6-8,11H,4-5,9-10H2,1-3H3,(H4,16,17,18,19);6-9H,4-5H2,1-3H3,(H4,14,15,16,17);2-6H,7-8H2,1H3,(H4,12,13,14,15);8H,2-6H2,1H3,(H4,10,11,12,13);3-5H2,1-2H3,(H4,8,9,10,11). The number of guanidine groups is 9. The van der Waals surface area contributed by atoms with Crippen molar-refractivity contribution in [1.82, 2.24) is 15.1 Å². The Hall–Kier alpha value is -9.99. The maximum absolute atomic E-state index is 7.03. The zero-order valence-electron chi connectivity index (χ0n) is 60.2. The fourth-order valence-electron chi connectivity index (χ4n) is 8.74. The molecule has 5 aromatic carbocycles. The number of nitrogens with one attached hydrogen (secondary N) is 3. The summed E-state index contributed by atoms with van der Waals surface area (Å²) in [5, 5.41) is 14.0. The first-order chi connectivity index (χ1) is 47.5. The first-order valence-electron chi connectivity index (χ1n) is 33.1. The third-order valence-corrected chi connectivity index (χ3v) is 13.7. The molecule has 1 aliphatic carbocycles. The highest BCUT2D eigenvalue weighted by molar-refractivity contribution is 6.35. The summed E-state index contributed by atoms with van der Waals surface area (Å²) in [4.78, 5) is 48.9. The van der Waals surface area contributed by atoms with E-state index in [0.717, 1.165) is 106 Å². The molecule has 100 heavy (non-hydrogen) atoms. The van der Waals surface area contributed by atoms with Gasteiger partial charge in [-0.15, -0.1) is 0 Å². The summed E-state index contributed by atoms with van der Waals surface area (Å²) in [5.74, 6) is 3.36. The number of unbranched alkanes of at least 4 members (excludes halogenated alkanes) is 1. The molecule has 0 saturated heterocycles. The van der Waals surface area contributed by atoms with E-state index in [1.807, 2.05) is 123 Å². The molecule has 5 aromatic rings. The van der Waals surface area contributed by atoms with Crippen LogP contribution in [0.3, 0.4) is 0 Å². The maximum Gasteiger partial charge on any atom is 0.223 e. The maximum atomic E-state index is 7.03. The smallest absolute Gasteiger partial charge is 0.223 e. The van der Waals surface area contributed by atoms with Crippen molar-refractivity contribution in [3.05, 3.63) is 153 Å². The Labute approximate surface area is 607 Å². The van der Waals surface area contributed by atoms with E-state index in [1.54, 1.807) is 45.0 Å². The van der Waals surface area contributed by atoms with Gasteiger partial charge in [0, 0.05) is 60.0 Å². The third kappa shape index (κ3) is 44.0. The fourth-order valence-corrected chi connectivity index (χ4v) is 9.54. The van der Waals surface area contributed by atoms with Crippen molar-refractivity contribution in [3.63, 3.8) is 0 Å². The number of benzene rings is 5. The number of nitrogens with two attached hydrogens (primary N) is 11. The number of rotatable bonds is 17. The highest BCUT2D eigenvalue weighted by Crippen LogP contribution is 2.25. The van der Waals surface area contributed by atoms with Crippen LogP contribution in [0, 0.1) is 26.2 Å². The summed E-state index contributed by atoms with van der Waals surface area (Å²) in [6.45, 7) is 26.0. The van der Waals surface area contributed by atoms with Gasteiger partial charge in [-0.25, -0.2) is 30.0 Å². The topological polar surface area (TPSA) is 477 Å². The molecule has 30 heteroatoms. The first kappa shape index (κ1) is 88.0. The number of aliphatic imine (C=N–C) groups is 11. The van der Waals surface area contributed by atoms with Gasteiger partial charge in [-0.2, -0.15) is 15.0 Å². The summed E-state index contributed by atoms with van der Waals surface area (Å²) in [5.41, 5.74) is 69.5. The van der Waals surface area contributed by atoms with E-state index in [9.17, 15) is 0 Å². The van der Waals surface area contributed by atoms with Crippen molar-refractivity contribution < 1.29 is 0 Å². The van der Waals surface area contributed by atoms with E-state index < -0.39 is 0 Å². The zero-order chi connectivity index (χ0) is 75.0. The molecule has 1 fully saturated rings. The van der Waals surface area contributed by atoms with Crippen LogP contribution < -0.4 is 73.7 Å². The van der Waals surface area contributed by atoms with Crippen molar-refractivity contribution >= 4 is 129 Å². The van der Waals surface area contributed by atoms with Crippen LogP contribution in [-0.4, -0.2) is 126 Å². The van der Waals surface area contributed by atoms with Gasteiger partial charge in [0.1, 0.15) is 0 Å². The number of halogens is 3. The minimum absolute atomic E-state index is 0.0351. The van der Waals surface area contributed by atoms with Crippen molar-refractivity contribution in [2.45, 2.75) is 146 Å². The van der Waals surface area contributed by atoms with E-state index in [0.29, 0.717) is 80.4 Å². The molecule has 0 aromatic heterocycles. The molecule has 0 atom stereocenters. The average Bonchev–Trinajstić information content (AvgIpc) is 0.896. The monoisotopic (exact) mass is 1430 g/mol. The van der Waals surface area contributed by atoms with Crippen LogP contribution in [0.25, 0.3) is 0 Å². The largest absolute Gasteiger partial charge is 0.387 e. The van der Waals surface area contributed by atoms with Crippen LogP contribution >= 0.6 is 34.8 Å². The molecule has 0 heterocycles. The van der Waals surface area contributed by atoms with Gasteiger partial charge in [-0.3, -0.25) is 15.4 Å². The molecular formula is C70H110Cl3N27. The minimum Gasteiger partial charge on any atom is -0.387 e. The Bertz CT molecular complexity index is 3530. The Morgan fingerprint density at radius 1 is 0.480 bits per heavy atom. The molecular weight excluding hydrogens is 1330 g/mol. The van der Waals surface area contributed by atoms with Crippen LogP contribution in [0.4, 0.5) is 22.7 Å². The Balaban J connectivity index is 0.000000610. The molecule has 546 valence electrons. The quantitative estimate of drug-likeness (QED) is 0.0234. The van der Waals surface area contributed by atoms with Crippen molar-refractivity contribution in [2.75, 3.05) is 44.6 Å². The summed E-state index contributed by atoms with van der Waals surface area (Å²) in [6, 6.07) is 36.3. The minimum atomic E-state index is -0.0351. The average molecular weight is 1440 g/mol. The second-order valence-corrected chi connectivity index (χ2v) is 23.9. The number of anilines is 1. The van der Waals surface area contributed by atoms with Gasteiger partial charge in [-0.05, 0) is 177 Å². The van der Waals surface area contributed by atoms with E-state index in [2.05, 4.69) is 98.5 Å².